The number of carbonyl (C=O) groups excluding carboxylic acids is 2. The second-order valence-electron chi connectivity index (χ2n) is 4.58. The predicted molar refractivity (Wildman–Crippen MR) is 71.2 cm³/mol. The lowest BCUT2D eigenvalue weighted by Crippen LogP contribution is -2.37. The SMILES string of the molecule is CCOC(=O)C1CCN(c2ccc(C=O)cn2)CC1. The van der Waals surface area contributed by atoms with Crippen molar-refractivity contribution in [3.63, 3.8) is 0 Å². The molecule has 1 aliphatic heterocycles. The Morgan fingerprint density at radius 2 is 2.21 bits per heavy atom. The molecule has 0 saturated carbocycles. The Morgan fingerprint density at radius 1 is 1.47 bits per heavy atom. The first kappa shape index (κ1) is 13.5. The van der Waals surface area contributed by atoms with Crippen LogP contribution >= 0.6 is 0 Å². The van der Waals surface area contributed by atoms with Gasteiger partial charge in [-0.3, -0.25) is 9.59 Å². The molecule has 2 rings (SSSR count). The summed E-state index contributed by atoms with van der Waals surface area (Å²) in [5.74, 6) is 0.768. The molecule has 0 atom stereocenters. The fourth-order valence-electron chi connectivity index (χ4n) is 2.26. The highest BCUT2D eigenvalue weighted by Crippen LogP contribution is 2.22. The van der Waals surface area contributed by atoms with Gasteiger partial charge in [-0.25, -0.2) is 4.98 Å². The molecule has 0 N–H and O–H groups in total. The van der Waals surface area contributed by atoms with Gasteiger partial charge in [-0.2, -0.15) is 0 Å². The van der Waals surface area contributed by atoms with Gasteiger partial charge in [0.05, 0.1) is 12.5 Å². The maximum Gasteiger partial charge on any atom is 0.309 e. The van der Waals surface area contributed by atoms with Gasteiger partial charge in [-0.15, -0.1) is 0 Å². The van der Waals surface area contributed by atoms with E-state index in [9.17, 15) is 9.59 Å². The van der Waals surface area contributed by atoms with E-state index in [1.807, 2.05) is 13.0 Å². The van der Waals surface area contributed by atoms with Gasteiger partial charge < -0.3 is 9.64 Å². The zero-order valence-corrected chi connectivity index (χ0v) is 11.0. The summed E-state index contributed by atoms with van der Waals surface area (Å²) in [6.07, 6.45) is 3.93. The number of ether oxygens (including phenoxy) is 1. The molecular weight excluding hydrogens is 244 g/mol. The Balaban J connectivity index is 1.91. The number of anilines is 1. The summed E-state index contributed by atoms with van der Waals surface area (Å²) in [7, 11) is 0. The van der Waals surface area contributed by atoms with E-state index in [2.05, 4.69) is 9.88 Å². The number of rotatable bonds is 4. The molecular formula is C14H18N2O3. The summed E-state index contributed by atoms with van der Waals surface area (Å²) in [6, 6.07) is 3.60. The van der Waals surface area contributed by atoms with Crippen molar-refractivity contribution in [2.45, 2.75) is 19.8 Å². The van der Waals surface area contributed by atoms with Gasteiger partial charge in [0.1, 0.15) is 5.82 Å². The van der Waals surface area contributed by atoms with Crippen molar-refractivity contribution in [3.8, 4) is 0 Å². The van der Waals surface area contributed by atoms with E-state index in [4.69, 9.17) is 4.74 Å². The minimum Gasteiger partial charge on any atom is -0.466 e. The van der Waals surface area contributed by atoms with Crippen molar-refractivity contribution >= 4 is 18.1 Å². The van der Waals surface area contributed by atoms with Crippen molar-refractivity contribution in [1.82, 2.24) is 4.98 Å². The van der Waals surface area contributed by atoms with E-state index in [0.717, 1.165) is 38.0 Å². The Hall–Kier alpha value is -1.91. The molecule has 1 aliphatic rings. The van der Waals surface area contributed by atoms with Crippen molar-refractivity contribution in [1.29, 1.82) is 0 Å². The fraction of sp³-hybridized carbons (Fsp3) is 0.500. The lowest BCUT2D eigenvalue weighted by molar-refractivity contribution is -0.148. The number of piperidine rings is 1. The van der Waals surface area contributed by atoms with Crippen molar-refractivity contribution in [2.75, 3.05) is 24.6 Å². The predicted octanol–water partition coefficient (Wildman–Crippen LogP) is 1.67. The van der Waals surface area contributed by atoms with Crippen LogP contribution in [0.5, 0.6) is 0 Å². The van der Waals surface area contributed by atoms with Crippen LogP contribution in [0.15, 0.2) is 18.3 Å². The summed E-state index contributed by atoms with van der Waals surface area (Å²) in [5.41, 5.74) is 0.574. The van der Waals surface area contributed by atoms with Gasteiger partial charge >= 0.3 is 5.97 Å². The zero-order valence-electron chi connectivity index (χ0n) is 11.0. The molecule has 0 spiro atoms. The third-order valence-electron chi connectivity index (χ3n) is 3.35. The number of hydrogen-bond donors (Lipinski definition) is 0. The van der Waals surface area contributed by atoms with Crippen LogP contribution in [0.1, 0.15) is 30.1 Å². The third-order valence-corrected chi connectivity index (χ3v) is 3.35. The molecule has 2 heterocycles. The van der Waals surface area contributed by atoms with E-state index in [1.54, 1.807) is 12.3 Å². The smallest absolute Gasteiger partial charge is 0.309 e. The highest BCUT2D eigenvalue weighted by Gasteiger charge is 2.26. The van der Waals surface area contributed by atoms with Crippen molar-refractivity contribution in [2.24, 2.45) is 5.92 Å². The first-order chi connectivity index (χ1) is 9.24. The van der Waals surface area contributed by atoms with Crippen molar-refractivity contribution in [3.05, 3.63) is 23.9 Å². The Kier molecular flexibility index (Phi) is 4.49. The Labute approximate surface area is 112 Å². The first-order valence-electron chi connectivity index (χ1n) is 6.57. The van der Waals surface area contributed by atoms with Crippen LogP contribution in [0.25, 0.3) is 0 Å². The molecule has 0 unspecified atom stereocenters. The van der Waals surface area contributed by atoms with Crippen LogP contribution in [-0.2, 0) is 9.53 Å². The van der Waals surface area contributed by atoms with Gasteiger partial charge in [0, 0.05) is 24.8 Å². The number of pyridine rings is 1. The number of nitrogens with zero attached hydrogens (tertiary/aromatic N) is 2. The summed E-state index contributed by atoms with van der Waals surface area (Å²) in [6.45, 7) is 3.84. The van der Waals surface area contributed by atoms with E-state index < -0.39 is 0 Å². The van der Waals surface area contributed by atoms with Gasteiger partial charge in [-0.05, 0) is 31.9 Å². The molecule has 1 saturated heterocycles. The van der Waals surface area contributed by atoms with Crippen LogP contribution in [-0.4, -0.2) is 36.9 Å². The number of aldehydes is 1. The molecule has 0 bridgehead atoms. The van der Waals surface area contributed by atoms with Gasteiger partial charge in [0.15, 0.2) is 6.29 Å². The average Bonchev–Trinajstić information content (AvgIpc) is 2.48. The molecule has 102 valence electrons. The average molecular weight is 262 g/mol. The van der Waals surface area contributed by atoms with Crippen LogP contribution in [0.2, 0.25) is 0 Å². The number of carbonyl (C=O) groups is 2. The van der Waals surface area contributed by atoms with E-state index in [1.165, 1.54) is 0 Å². The summed E-state index contributed by atoms with van der Waals surface area (Å²) < 4.78 is 5.04. The lowest BCUT2D eigenvalue weighted by atomic mass is 9.97. The fourth-order valence-corrected chi connectivity index (χ4v) is 2.26. The van der Waals surface area contributed by atoms with E-state index >= 15 is 0 Å². The Bertz CT molecular complexity index is 437. The van der Waals surface area contributed by atoms with E-state index in [0.29, 0.717) is 12.2 Å². The van der Waals surface area contributed by atoms with Gasteiger partial charge in [0.2, 0.25) is 0 Å². The van der Waals surface area contributed by atoms with Crippen LogP contribution in [0.3, 0.4) is 0 Å². The molecule has 1 fully saturated rings. The normalized spacial score (nSPS) is 16.2. The second kappa shape index (κ2) is 6.31. The number of aromatic nitrogens is 1. The molecule has 0 aromatic carbocycles. The molecule has 5 heteroatoms. The van der Waals surface area contributed by atoms with Gasteiger partial charge in [-0.1, -0.05) is 0 Å². The highest BCUT2D eigenvalue weighted by molar-refractivity contribution is 5.74. The summed E-state index contributed by atoms with van der Waals surface area (Å²) in [4.78, 5) is 28.6. The van der Waals surface area contributed by atoms with Crippen LogP contribution < -0.4 is 4.90 Å². The largest absolute Gasteiger partial charge is 0.466 e. The minimum atomic E-state index is -0.0913. The Morgan fingerprint density at radius 3 is 2.74 bits per heavy atom. The highest BCUT2D eigenvalue weighted by atomic mass is 16.5. The summed E-state index contributed by atoms with van der Waals surface area (Å²) >= 11 is 0. The molecule has 19 heavy (non-hydrogen) atoms. The molecule has 0 aliphatic carbocycles. The van der Waals surface area contributed by atoms with Gasteiger partial charge in [0.25, 0.3) is 0 Å². The number of hydrogen-bond acceptors (Lipinski definition) is 5. The van der Waals surface area contributed by atoms with E-state index in [-0.39, 0.29) is 11.9 Å². The first-order valence-corrected chi connectivity index (χ1v) is 6.57. The number of esters is 1. The molecule has 1 aromatic rings. The molecule has 0 amide bonds. The second-order valence-corrected chi connectivity index (χ2v) is 4.58. The summed E-state index contributed by atoms with van der Waals surface area (Å²) in [5, 5.41) is 0. The van der Waals surface area contributed by atoms with Crippen LogP contribution in [0.4, 0.5) is 5.82 Å². The monoisotopic (exact) mass is 262 g/mol. The van der Waals surface area contributed by atoms with Crippen LogP contribution in [0, 0.1) is 5.92 Å². The maximum absolute atomic E-state index is 11.6. The topological polar surface area (TPSA) is 59.5 Å². The lowest BCUT2D eigenvalue weighted by Gasteiger charge is -2.31. The minimum absolute atomic E-state index is 0.00504. The van der Waals surface area contributed by atoms with Crippen molar-refractivity contribution < 1.29 is 14.3 Å². The zero-order chi connectivity index (χ0) is 13.7. The molecule has 0 radical (unpaired) electrons. The third kappa shape index (κ3) is 3.30. The quantitative estimate of drug-likeness (QED) is 0.610. The molecule has 5 nitrogen and oxygen atoms in total. The maximum atomic E-state index is 11.6. The standard InChI is InChI=1S/C14H18N2O3/c1-2-19-14(18)12-5-7-16(8-6-12)13-4-3-11(10-17)9-15-13/h3-4,9-10,12H,2,5-8H2,1H3. The molecule has 1 aromatic heterocycles.